The molecule has 0 fully saturated rings. The Morgan fingerprint density at radius 2 is 2.12 bits per heavy atom. The number of methoxy groups -OCH3 is 2. The van der Waals surface area contributed by atoms with Crippen molar-refractivity contribution in [2.75, 3.05) is 14.2 Å². The summed E-state index contributed by atoms with van der Waals surface area (Å²) in [4.78, 5) is 14.6. The molecule has 17 heavy (non-hydrogen) atoms. The Morgan fingerprint density at radius 3 is 2.59 bits per heavy atom. The van der Waals surface area contributed by atoms with Crippen molar-refractivity contribution in [3.8, 4) is 5.75 Å². The van der Waals surface area contributed by atoms with E-state index in [1.807, 2.05) is 0 Å². The maximum atomic E-state index is 13.1. The number of alkyl halides is 2. The maximum absolute atomic E-state index is 13.1. The Kier molecular flexibility index (Phi) is 4.30. The molecule has 0 atom stereocenters. The van der Waals surface area contributed by atoms with Gasteiger partial charge in [0.15, 0.2) is 11.6 Å². The van der Waals surface area contributed by atoms with Crippen LogP contribution in [0.2, 0.25) is 0 Å². The number of pyridine rings is 1. The molecule has 0 saturated heterocycles. The van der Waals surface area contributed by atoms with Gasteiger partial charge in [-0.05, 0) is 0 Å². The summed E-state index contributed by atoms with van der Waals surface area (Å²) in [5.74, 6) is -2.28. The first-order valence-corrected chi connectivity index (χ1v) is 4.57. The highest BCUT2D eigenvalue weighted by atomic mass is 19.3. The Labute approximate surface area is 95.4 Å². The van der Waals surface area contributed by atoms with Crippen molar-refractivity contribution in [2.45, 2.75) is 12.8 Å². The molecule has 0 aromatic carbocycles. The van der Waals surface area contributed by atoms with E-state index < -0.39 is 29.5 Å². The molecule has 7 heteroatoms. The van der Waals surface area contributed by atoms with E-state index in [1.165, 1.54) is 0 Å². The third-order valence-corrected chi connectivity index (χ3v) is 2.06. The van der Waals surface area contributed by atoms with Crippen molar-refractivity contribution in [1.82, 2.24) is 4.98 Å². The van der Waals surface area contributed by atoms with Crippen LogP contribution in [0.1, 0.15) is 17.7 Å². The minimum Gasteiger partial charge on any atom is -0.494 e. The third-order valence-electron chi connectivity index (χ3n) is 2.06. The van der Waals surface area contributed by atoms with E-state index >= 15 is 0 Å². The lowest BCUT2D eigenvalue weighted by Crippen LogP contribution is -2.10. The predicted octanol–water partition coefficient (Wildman–Crippen LogP) is 1.88. The molecule has 0 radical (unpaired) electrons. The van der Waals surface area contributed by atoms with E-state index in [0.29, 0.717) is 6.20 Å². The summed E-state index contributed by atoms with van der Waals surface area (Å²) in [6.45, 7) is 0. The number of carbonyl (C=O) groups is 1. The zero-order valence-electron chi connectivity index (χ0n) is 9.17. The van der Waals surface area contributed by atoms with Gasteiger partial charge in [0, 0.05) is 0 Å². The Morgan fingerprint density at radius 1 is 1.47 bits per heavy atom. The highest BCUT2D eigenvalue weighted by Crippen LogP contribution is 2.33. The molecule has 1 aromatic rings. The summed E-state index contributed by atoms with van der Waals surface area (Å²) in [6.07, 6.45) is -2.79. The number of halogens is 3. The average molecular weight is 249 g/mol. The van der Waals surface area contributed by atoms with Crippen LogP contribution in [0.4, 0.5) is 13.2 Å². The second-order valence-electron chi connectivity index (χ2n) is 3.05. The second-order valence-corrected chi connectivity index (χ2v) is 3.05. The van der Waals surface area contributed by atoms with E-state index in [-0.39, 0.29) is 12.1 Å². The van der Waals surface area contributed by atoms with Crippen molar-refractivity contribution in [1.29, 1.82) is 0 Å². The molecule has 0 N–H and O–H groups in total. The van der Waals surface area contributed by atoms with Crippen LogP contribution < -0.4 is 4.74 Å². The number of ether oxygens (including phenoxy) is 2. The van der Waals surface area contributed by atoms with E-state index in [0.717, 1.165) is 14.2 Å². The molecule has 0 aliphatic rings. The van der Waals surface area contributed by atoms with Crippen LogP contribution in [0.15, 0.2) is 6.20 Å². The number of rotatable bonds is 4. The normalized spacial score (nSPS) is 10.5. The van der Waals surface area contributed by atoms with Gasteiger partial charge in [-0.2, -0.15) is 0 Å². The van der Waals surface area contributed by atoms with E-state index in [9.17, 15) is 18.0 Å². The van der Waals surface area contributed by atoms with Crippen LogP contribution in [0.5, 0.6) is 5.75 Å². The summed E-state index contributed by atoms with van der Waals surface area (Å²) in [6, 6.07) is 0. The fourth-order valence-electron chi connectivity index (χ4n) is 1.29. The highest BCUT2D eigenvalue weighted by Gasteiger charge is 2.24. The Bertz CT molecular complexity index is 424. The summed E-state index contributed by atoms with van der Waals surface area (Å²) < 4.78 is 47.4. The van der Waals surface area contributed by atoms with Gasteiger partial charge < -0.3 is 9.47 Å². The first-order chi connectivity index (χ1) is 8.01. The van der Waals surface area contributed by atoms with Crippen LogP contribution in [0.3, 0.4) is 0 Å². The lowest BCUT2D eigenvalue weighted by molar-refractivity contribution is -0.139. The maximum Gasteiger partial charge on any atom is 0.311 e. The predicted molar refractivity (Wildman–Crippen MR) is 51.4 cm³/mol. The van der Waals surface area contributed by atoms with Crippen LogP contribution >= 0.6 is 0 Å². The minimum atomic E-state index is -3.05. The van der Waals surface area contributed by atoms with Crippen LogP contribution in [-0.2, 0) is 16.0 Å². The van der Waals surface area contributed by atoms with Crippen molar-refractivity contribution >= 4 is 5.97 Å². The number of aromatic nitrogens is 1. The summed E-state index contributed by atoms with van der Waals surface area (Å²) >= 11 is 0. The van der Waals surface area contributed by atoms with E-state index in [4.69, 9.17) is 0 Å². The zero-order valence-corrected chi connectivity index (χ0v) is 9.17. The van der Waals surface area contributed by atoms with Crippen molar-refractivity contribution in [3.63, 3.8) is 0 Å². The van der Waals surface area contributed by atoms with Crippen LogP contribution in [0, 0.1) is 5.82 Å². The first-order valence-electron chi connectivity index (χ1n) is 4.57. The highest BCUT2D eigenvalue weighted by molar-refractivity contribution is 5.73. The van der Waals surface area contributed by atoms with Gasteiger partial charge >= 0.3 is 5.97 Å². The monoisotopic (exact) mass is 249 g/mol. The number of esters is 1. The van der Waals surface area contributed by atoms with Crippen molar-refractivity contribution in [2.24, 2.45) is 0 Å². The fraction of sp³-hybridized carbons (Fsp3) is 0.400. The molecule has 0 aliphatic heterocycles. The molecule has 94 valence electrons. The standard InChI is InChI=1S/C10H10F3NO3/c1-16-7(15)3-6-9(17-2)8(10(12)13)5(11)4-14-6/h4,10H,3H2,1-2H3. The molecular weight excluding hydrogens is 239 g/mol. The van der Waals surface area contributed by atoms with Gasteiger partial charge in [-0.15, -0.1) is 0 Å². The Hall–Kier alpha value is -1.79. The molecule has 0 unspecified atom stereocenters. The van der Waals surface area contributed by atoms with Gasteiger partial charge in [0.1, 0.15) is 0 Å². The van der Waals surface area contributed by atoms with Gasteiger partial charge in [-0.1, -0.05) is 0 Å². The first kappa shape index (κ1) is 13.3. The summed E-state index contributed by atoms with van der Waals surface area (Å²) in [5.41, 5.74) is -0.988. The molecule has 1 rings (SSSR count). The molecule has 0 aliphatic carbocycles. The lowest BCUT2D eigenvalue weighted by Gasteiger charge is -2.12. The van der Waals surface area contributed by atoms with E-state index in [1.54, 1.807) is 0 Å². The fourth-order valence-corrected chi connectivity index (χ4v) is 1.29. The minimum absolute atomic E-state index is 0.0870. The lowest BCUT2D eigenvalue weighted by atomic mass is 10.1. The second kappa shape index (κ2) is 5.51. The molecule has 1 aromatic heterocycles. The SMILES string of the molecule is COC(=O)Cc1ncc(F)c(C(F)F)c1OC. The van der Waals surface area contributed by atoms with Crippen molar-refractivity contribution in [3.05, 3.63) is 23.3 Å². The topological polar surface area (TPSA) is 48.4 Å². The van der Waals surface area contributed by atoms with Crippen LogP contribution in [0.25, 0.3) is 0 Å². The van der Waals surface area contributed by atoms with Gasteiger partial charge in [0.2, 0.25) is 0 Å². The molecule has 0 bridgehead atoms. The van der Waals surface area contributed by atoms with E-state index in [2.05, 4.69) is 14.5 Å². The molecule has 0 saturated carbocycles. The number of nitrogens with zero attached hydrogens (tertiary/aromatic N) is 1. The third kappa shape index (κ3) is 2.86. The van der Waals surface area contributed by atoms with Crippen LogP contribution in [-0.4, -0.2) is 25.2 Å². The van der Waals surface area contributed by atoms with Gasteiger partial charge in [0.25, 0.3) is 6.43 Å². The zero-order chi connectivity index (χ0) is 13.0. The van der Waals surface area contributed by atoms with Gasteiger partial charge in [-0.25, -0.2) is 13.2 Å². The molecule has 0 spiro atoms. The molecular formula is C10H10F3NO3. The number of carbonyl (C=O) groups excluding carboxylic acids is 1. The molecule has 4 nitrogen and oxygen atoms in total. The average Bonchev–Trinajstić information content (AvgIpc) is 2.30. The molecule has 0 amide bonds. The smallest absolute Gasteiger partial charge is 0.311 e. The largest absolute Gasteiger partial charge is 0.494 e. The number of hydrogen-bond donors (Lipinski definition) is 0. The van der Waals surface area contributed by atoms with Gasteiger partial charge in [-0.3, -0.25) is 9.78 Å². The number of hydrogen-bond acceptors (Lipinski definition) is 4. The quantitative estimate of drug-likeness (QED) is 0.764. The van der Waals surface area contributed by atoms with Gasteiger partial charge in [0.05, 0.1) is 38.1 Å². The molecule has 1 heterocycles. The summed E-state index contributed by atoms with van der Waals surface area (Å²) in [7, 11) is 2.25. The summed E-state index contributed by atoms with van der Waals surface area (Å²) in [5, 5.41) is 0. The Balaban J connectivity index is 3.23. The van der Waals surface area contributed by atoms with Crippen molar-refractivity contribution < 1.29 is 27.4 Å².